The van der Waals surface area contributed by atoms with Crippen molar-refractivity contribution < 1.29 is 60.6 Å². The highest BCUT2D eigenvalue weighted by molar-refractivity contribution is 7.54. The van der Waals surface area contributed by atoms with Crippen molar-refractivity contribution in [1.29, 1.82) is 0 Å². The van der Waals surface area contributed by atoms with E-state index in [2.05, 4.69) is 10.6 Å². The second kappa shape index (κ2) is 18.3. The molecule has 0 fully saturated rings. The highest BCUT2D eigenvalue weighted by Crippen LogP contribution is 2.67. The molecule has 0 bridgehead atoms. The molecule has 0 radical (unpaired) electrons. The van der Waals surface area contributed by atoms with E-state index in [1.807, 2.05) is 18.2 Å². The van der Waals surface area contributed by atoms with Gasteiger partial charge in [-0.25, -0.2) is 0 Å². The monoisotopic (exact) mass is 832 g/mol. The average molecular weight is 833 g/mol. The Kier molecular flexibility index (Phi) is 14.4. The number of nitrogens with one attached hydrogen (secondary N) is 2. The summed E-state index contributed by atoms with van der Waals surface area (Å²) in [5.41, 5.74) is 0.623. The van der Waals surface area contributed by atoms with Crippen LogP contribution in [0.2, 0.25) is 0 Å². The summed E-state index contributed by atoms with van der Waals surface area (Å²) in [4.78, 5) is 77.6. The fourth-order valence-corrected chi connectivity index (χ4v) is 7.27. The van der Waals surface area contributed by atoms with E-state index in [4.69, 9.17) is 24.3 Å². The molecule has 2 aliphatic heterocycles. The molecule has 4 N–H and O–H groups in total. The minimum Gasteiger partial charge on any atom is -0.438 e. The van der Waals surface area contributed by atoms with Gasteiger partial charge in [0, 0.05) is 30.5 Å². The van der Waals surface area contributed by atoms with E-state index in [0.717, 1.165) is 29.3 Å². The number of carbonyl (C=O) groups is 6. The van der Waals surface area contributed by atoms with Gasteiger partial charge in [0.2, 0.25) is 37.2 Å². The van der Waals surface area contributed by atoms with Crippen molar-refractivity contribution in [3.05, 3.63) is 70.8 Å². The van der Waals surface area contributed by atoms with Gasteiger partial charge in [0.15, 0.2) is 0 Å². The van der Waals surface area contributed by atoms with Crippen LogP contribution in [0.15, 0.2) is 48.5 Å². The van der Waals surface area contributed by atoms with Gasteiger partial charge in [-0.15, -0.1) is 0 Å². The summed E-state index contributed by atoms with van der Waals surface area (Å²) in [6, 6.07) is 7.58. The minimum atomic E-state index is -5.54. The third-order valence-electron chi connectivity index (χ3n) is 9.32. The topological polar surface area (TPSA) is 210 Å². The molecule has 2 aromatic rings. The van der Waals surface area contributed by atoms with Gasteiger partial charge in [-0.2, -0.15) is 8.78 Å². The lowest BCUT2D eigenvalue weighted by atomic mass is 9.98. The Labute approximate surface area is 335 Å². The fraction of sp³-hybridized carbons (Fsp3) is 0.500. The highest BCUT2D eigenvalue weighted by Gasteiger charge is 2.56. The van der Waals surface area contributed by atoms with Crippen LogP contribution < -0.4 is 21.3 Å². The lowest BCUT2D eigenvalue weighted by Crippen LogP contribution is -2.55. The molecule has 316 valence electrons. The molecule has 4 rings (SSSR count). The van der Waals surface area contributed by atoms with Crippen molar-refractivity contribution in [3.63, 3.8) is 0 Å². The Morgan fingerprint density at radius 3 is 2.05 bits per heavy atom. The number of amides is 4. The maximum absolute atomic E-state index is 15.9. The van der Waals surface area contributed by atoms with Crippen molar-refractivity contribution in [3.8, 4) is 0 Å². The van der Waals surface area contributed by atoms with Crippen molar-refractivity contribution in [2.45, 2.75) is 104 Å². The Morgan fingerprint density at radius 1 is 0.931 bits per heavy atom. The summed E-state index contributed by atoms with van der Waals surface area (Å²) < 4.78 is 64.9. The van der Waals surface area contributed by atoms with Gasteiger partial charge in [0.25, 0.3) is 0 Å². The molecule has 15 nitrogen and oxygen atoms in total. The number of esters is 2. The van der Waals surface area contributed by atoms with Crippen LogP contribution in [0.1, 0.15) is 90.0 Å². The van der Waals surface area contributed by atoms with Crippen molar-refractivity contribution >= 4 is 54.9 Å². The van der Waals surface area contributed by atoms with Crippen LogP contribution in [-0.4, -0.2) is 67.3 Å². The smallest absolute Gasteiger partial charge is 0.410 e. The number of ether oxygens (including phenoxy) is 2. The molecule has 0 spiro atoms. The summed E-state index contributed by atoms with van der Waals surface area (Å²) in [6.45, 7) is 8.53. The number of primary amides is 1. The second-order valence-electron chi connectivity index (χ2n) is 16.2. The highest BCUT2D eigenvalue weighted by atomic mass is 31.2. The predicted octanol–water partition coefficient (Wildman–Crippen LogP) is 5.23. The third-order valence-corrected chi connectivity index (χ3v) is 11.2. The molecule has 0 saturated carbocycles. The number of carbonyl (C=O) groups excluding carboxylic acids is 6. The molecule has 2 heterocycles. The first-order chi connectivity index (χ1) is 26.9. The van der Waals surface area contributed by atoms with Crippen LogP contribution >= 0.6 is 7.60 Å². The molecular formula is C40H51F2N4O11P. The van der Waals surface area contributed by atoms with Crippen LogP contribution in [0.5, 0.6) is 0 Å². The molecule has 3 atom stereocenters. The first-order valence-corrected chi connectivity index (χ1v) is 20.2. The molecule has 0 unspecified atom stereocenters. The largest absolute Gasteiger partial charge is 0.438 e. The summed E-state index contributed by atoms with van der Waals surface area (Å²) in [7, 11) is -5.54. The van der Waals surface area contributed by atoms with Gasteiger partial charge in [-0.05, 0) is 90.5 Å². The number of nitrogens with zero attached hydrogens (tertiary/aromatic N) is 1. The van der Waals surface area contributed by atoms with Crippen molar-refractivity contribution in [2.75, 3.05) is 18.5 Å². The SMILES string of the molecule is C[C@H](CCC(N)=O)NC(=O)[C@@H]1Cc2cccc3c2N1C(=O)[C@@H](NC(=O)/C=C/c1ccc(C(F)(F)P(=O)(OCOC(=O)C(C)(C)C)OCOC(=O)C(C)(C)C)cc1)CC3. The molecule has 2 aliphatic rings. The predicted molar refractivity (Wildman–Crippen MR) is 208 cm³/mol. The number of halogens is 2. The molecule has 0 aliphatic carbocycles. The zero-order chi connectivity index (χ0) is 43.2. The second-order valence-corrected chi connectivity index (χ2v) is 18.3. The number of hydrogen-bond donors (Lipinski definition) is 3. The summed E-state index contributed by atoms with van der Waals surface area (Å²) in [5.74, 6) is -3.69. The number of anilines is 1. The van der Waals surface area contributed by atoms with Crippen molar-refractivity contribution in [1.82, 2.24) is 10.6 Å². The zero-order valence-electron chi connectivity index (χ0n) is 33.6. The number of hydrogen-bond acceptors (Lipinski definition) is 11. The van der Waals surface area contributed by atoms with Gasteiger partial charge in [0.1, 0.15) is 12.1 Å². The zero-order valence-corrected chi connectivity index (χ0v) is 34.5. The van der Waals surface area contributed by atoms with Crippen molar-refractivity contribution in [2.24, 2.45) is 16.6 Å². The van der Waals surface area contributed by atoms with Crippen LogP contribution in [-0.2, 0) is 70.4 Å². The average Bonchev–Trinajstić information content (AvgIpc) is 3.48. The molecular weight excluding hydrogens is 781 g/mol. The van der Waals surface area contributed by atoms with E-state index in [-0.39, 0.29) is 30.9 Å². The maximum Gasteiger partial charge on any atom is 0.410 e. The van der Waals surface area contributed by atoms with E-state index < -0.39 is 90.9 Å². The molecule has 58 heavy (non-hydrogen) atoms. The summed E-state index contributed by atoms with van der Waals surface area (Å²) in [5, 5.41) is 5.56. The number of rotatable bonds is 16. The Hall–Kier alpha value is -4.99. The third kappa shape index (κ3) is 11.1. The van der Waals surface area contributed by atoms with Crippen LogP contribution in [0.4, 0.5) is 14.5 Å². The van der Waals surface area contributed by atoms with Crippen LogP contribution in [0.3, 0.4) is 0 Å². The van der Waals surface area contributed by atoms with Gasteiger partial charge in [0.05, 0.1) is 16.5 Å². The first kappa shape index (κ1) is 45.7. The van der Waals surface area contributed by atoms with E-state index in [0.29, 0.717) is 18.5 Å². The molecule has 4 amide bonds. The summed E-state index contributed by atoms with van der Waals surface area (Å²) >= 11 is 0. The maximum atomic E-state index is 15.9. The van der Waals surface area contributed by atoms with Gasteiger partial charge in [-0.3, -0.25) is 47.3 Å². The number of para-hydroxylation sites is 1. The normalized spacial score (nSPS) is 17.6. The number of nitrogens with two attached hydrogens (primary N) is 1. The molecule has 0 saturated heterocycles. The molecule has 18 heteroatoms. The van der Waals surface area contributed by atoms with E-state index in [1.165, 1.54) is 64.7 Å². The summed E-state index contributed by atoms with van der Waals surface area (Å²) in [6.07, 6.45) is 3.79. The molecule has 2 aromatic carbocycles. The number of benzene rings is 2. The minimum absolute atomic E-state index is 0.0825. The van der Waals surface area contributed by atoms with E-state index in [1.54, 1.807) is 6.92 Å². The fourth-order valence-electron chi connectivity index (χ4n) is 6.02. The van der Waals surface area contributed by atoms with Crippen LogP contribution in [0.25, 0.3) is 6.08 Å². The Balaban J connectivity index is 1.46. The van der Waals surface area contributed by atoms with E-state index in [9.17, 15) is 33.3 Å². The first-order valence-electron chi connectivity index (χ1n) is 18.7. The number of aryl methyl sites for hydroxylation is 1. The Bertz CT molecular complexity index is 1940. The lowest BCUT2D eigenvalue weighted by Gasteiger charge is -2.28. The van der Waals surface area contributed by atoms with Gasteiger partial charge < -0.3 is 25.8 Å². The number of alkyl halides is 2. The molecule has 0 aromatic heterocycles. The van der Waals surface area contributed by atoms with Crippen LogP contribution in [0, 0.1) is 10.8 Å². The Morgan fingerprint density at radius 2 is 1.50 bits per heavy atom. The lowest BCUT2D eigenvalue weighted by molar-refractivity contribution is -0.163. The quantitative estimate of drug-likeness (QED) is 0.0864. The van der Waals surface area contributed by atoms with E-state index >= 15 is 8.78 Å². The van der Waals surface area contributed by atoms with Gasteiger partial charge >= 0.3 is 25.2 Å². The van der Waals surface area contributed by atoms with Gasteiger partial charge in [-0.1, -0.05) is 42.5 Å². The standard InChI is InChI=1S/C40H51F2N4O11P/c1-24(11-19-31(43)47)44-34(49)30-21-27-10-8-9-26-15-18-29(35(50)46(30)33(26)27)45-32(48)20-14-25-12-16-28(17-13-25)40(41,42)58(53,56-22-54-36(51)38(2,3)4)57-23-55-37(52)39(5,6)7/h8-10,12-14,16-17,20,24,29-30H,11,15,18-19,21-23H2,1-7H3,(H2,43,47)(H,44,49)(H,45,48)/b20-14+/t24-,29+,30+/m1/s1.